The van der Waals surface area contributed by atoms with Crippen LogP contribution in [0.2, 0.25) is 5.02 Å². The Morgan fingerprint density at radius 3 is 2.74 bits per heavy atom. The number of fused-ring (bicyclic) bond motifs is 1. The second-order valence-corrected chi connectivity index (χ2v) is 5.50. The molecule has 2 N–H and O–H groups in total. The zero-order valence-electron chi connectivity index (χ0n) is 10.9. The summed E-state index contributed by atoms with van der Waals surface area (Å²) in [4.78, 5) is 4.73. The van der Waals surface area contributed by atoms with Crippen LogP contribution in [0.25, 0.3) is 10.9 Å². The molecule has 4 heteroatoms. The minimum Gasteiger partial charge on any atom is -0.496 e. The standard InChI is InChI=1S/C15H17ClN2O/c1-19-13-7-6-10(16)15-14(13)11(17)8-12(18-15)9-4-2-3-5-9/h6-9H,2-5H2,1H3,(H2,17,18). The zero-order chi connectivity index (χ0) is 13.4. The third kappa shape index (κ3) is 2.12. The number of aromatic nitrogens is 1. The van der Waals surface area contributed by atoms with Crippen molar-refractivity contribution < 1.29 is 4.74 Å². The molecule has 1 aromatic heterocycles. The van der Waals surface area contributed by atoms with Gasteiger partial charge in [0.2, 0.25) is 0 Å². The van der Waals surface area contributed by atoms with Gasteiger partial charge < -0.3 is 10.5 Å². The second kappa shape index (κ2) is 4.89. The Kier molecular flexibility index (Phi) is 3.23. The summed E-state index contributed by atoms with van der Waals surface area (Å²) in [7, 11) is 1.63. The number of methoxy groups -OCH3 is 1. The number of pyridine rings is 1. The molecule has 0 atom stereocenters. The predicted octanol–water partition coefficient (Wildman–Crippen LogP) is 4.14. The summed E-state index contributed by atoms with van der Waals surface area (Å²) in [6.07, 6.45) is 4.94. The van der Waals surface area contributed by atoms with E-state index >= 15 is 0 Å². The van der Waals surface area contributed by atoms with Gasteiger partial charge in [0, 0.05) is 17.3 Å². The lowest BCUT2D eigenvalue weighted by atomic mass is 10.0. The molecule has 1 aliphatic carbocycles. The minimum absolute atomic E-state index is 0.522. The van der Waals surface area contributed by atoms with Gasteiger partial charge in [-0.1, -0.05) is 24.4 Å². The van der Waals surface area contributed by atoms with E-state index in [2.05, 4.69) is 0 Å². The lowest BCUT2D eigenvalue weighted by Crippen LogP contribution is -2.01. The maximum atomic E-state index is 6.26. The van der Waals surface area contributed by atoms with E-state index in [1.54, 1.807) is 7.11 Å². The van der Waals surface area contributed by atoms with Crippen LogP contribution >= 0.6 is 11.6 Å². The topological polar surface area (TPSA) is 48.1 Å². The molecular weight excluding hydrogens is 260 g/mol. The van der Waals surface area contributed by atoms with Gasteiger partial charge in [-0.2, -0.15) is 0 Å². The van der Waals surface area contributed by atoms with E-state index in [0.29, 0.717) is 16.6 Å². The highest BCUT2D eigenvalue weighted by Gasteiger charge is 2.21. The van der Waals surface area contributed by atoms with Crippen molar-refractivity contribution in [3.05, 3.63) is 28.9 Å². The predicted molar refractivity (Wildman–Crippen MR) is 78.9 cm³/mol. The summed E-state index contributed by atoms with van der Waals surface area (Å²) in [5, 5.41) is 1.44. The molecule has 0 saturated heterocycles. The molecule has 2 aromatic rings. The van der Waals surface area contributed by atoms with Crippen molar-refractivity contribution in [2.24, 2.45) is 0 Å². The molecule has 0 unspecified atom stereocenters. The van der Waals surface area contributed by atoms with Crippen molar-refractivity contribution in [1.82, 2.24) is 4.98 Å². The maximum Gasteiger partial charge on any atom is 0.130 e. The number of ether oxygens (including phenoxy) is 1. The summed E-state index contributed by atoms with van der Waals surface area (Å²) in [5.41, 5.74) is 8.71. The fourth-order valence-corrected chi connectivity index (χ4v) is 3.13. The molecule has 3 nitrogen and oxygen atoms in total. The van der Waals surface area contributed by atoms with E-state index in [1.807, 2.05) is 18.2 Å². The zero-order valence-corrected chi connectivity index (χ0v) is 11.7. The molecule has 100 valence electrons. The molecule has 0 amide bonds. The molecule has 1 saturated carbocycles. The van der Waals surface area contributed by atoms with Gasteiger partial charge in [-0.25, -0.2) is 0 Å². The minimum atomic E-state index is 0.522. The van der Waals surface area contributed by atoms with Crippen LogP contribution in [0, 0.1) is 0 Å². The first-order chi connectivity index (χ1) is 9.20. The molecule has 1 fully saturated rings. The van der Waals surface area contributed by atoms with Crippen molar-refractivity contribution in [2.45, 2.75) is 31.6 Å². The molecule has 0 aliphatic heterocycles. The molecule has 1 aromatic carbocycles. The lowest BCUT2D eigenvalue weighted by molar-refractivity contribution is 0.420. The van der Waals surface area contributed by atoms with Crippen molar-refractivity contribution in [3.63, 3.8) is 0 Å². The van der Waals surface area contributed by atoms with Crippen LogP contribution in [0.3, 0.4) is 0 Å². The van der Waals surface area contributed by atoms with Crippen LogP contribution in [-0.2, 0) is 0 Å². The van der Waals surface area contributed by atoms with Crippen LogP contribution in [0.4, 0.5) is 5.69 Å². The smallest absolute Gasteiger partial charge is 0.130 e. The normalized spacial score (nSPS) is 16.1. The highest BCUT2D eigenvalue weighted by molar-refractivity contribution is 6.35. The Balaban J connectivity index is 2.22. The summed E-state index contributed by atoms with van der Waals surface area (Å²) in [5.74, 6) is 1.25. The number of halogens is 1. The van der Waals surface area contributed by atoms with Gasteiger partial charge in [0.25, 0.3) is 0 Å². The Hall–Kier alpha value is -1.48. The molecule has 3 rings (SSSR count). The fraction of sp³-hybridized carbons (Fsp3) is 0.400. The van der Waals surface area contributed by atoms with Gasteiger partial charge in [0.05, 0.1) is 23.0 Å². The number of nitrogens with zero attached hydrogens (tertiary/aromatic N) is 1. The highest BCUT2D eigenvalue weighted by atomic mass is 35.5. The molecule has 0 radical (unpaired) electrons. The van der Waals surface area contributed by atoms with Gasteiger partial charge in [-0.3, -0.25) is 4.98 Å². The van der Waals surface area contributed by atoms with Gasteiger partial charge in [0.1, 0.15) is 5.75 Å². The summed E-state index contributed by atoms with van der Waals surface area (Å²) in [6.45, 7) is 0. The van der Waals surface area contributed by atoms with E-state index < -0.39 is 0 Å². The van der Waals surface area contributed by atoms with E-state index in [4.69, 9.17) is 27.1 Å². The van der Waals surface area contributed by atoms with Crippen LogP contribution in [-0.4, -0.2) is 12.1 Å². The molecule has 1 heterocycles. The first kappa shape index (κ1) is 12.5. The average Bonchev–Trinajstić information content (AvgIpc) is 2.93. The monoisotopic (exact) mass is 276 g/mol. The largest absolute Gasteiger partial charge is 0.496 e. The van der Waals surface area contributed by atoms with Crippen molar-refractivity contribution in [2.75, 3.05) is 12.8 Å². The molecular formula is C15H17ClN2O. The van der Waals surface area contributed by atoms with Gasteiger partial charge in [-0.15, -0.1) is 0 Å². The Labute approximate surface area is 117 Å². The Bertz CT molecular complexity index is 621. The Morgan fingerprint density at radius 2 is 2.05 bits per heavy atom. The summed E-state index contributed by atoms with van der Waals surface area (Å²) < 4.78 is 5.35. The third-order valence-corrected chi connectivity index (χ3v) is 4.22. The van der Waals surface area contributed by atoms with E-state index in [9.17, 15) is 0 Å². The third-order valence-electron chi connectivity index (χ3n) is 3.92. The van der Waals surface area contributed by atoms with Gasteiger partial charge in [0.15, 0.2) is 0 Å². The van der Waals surface area contributed by atoms with Gasteiger partial charge >= 0.3 is 0 Å². The van der Waals surface area contributed by atoms with Crippen LogP contribution in [0.15, 0.2) is 18.2 Å². The Morgan fingerprint density at radius 1 is 1.32 bits per heavy atom. The number of hydrogen-bond donors (Lipinski definition) is 1. The average molecular weight is 277 g/mol. The second-order valence-electron chi connectivity index (χ2n) is 5.09. The quantitative estimate of drug-likeness (QED) is 0.897. The number of rotatable bonds is 2. The van der Waals surface area contributed by atoms with Crippen molar-refractivity contribution in [1.29, 1.82) is 0 Å². The summed E-state index contributed by atoms with van der Waals surface area (Å²) in [6, 6.07) is 5.63. The SMILES string of the molecule is COc1ccc(Cl)c2nc(C3CCCC3)cc(N)c12. The van der Waals surface area contributed by atoms with E-state index in [1.165, 1.54) is 25.7 Å². The fourth-order valence-electron chi connectivity index (χ4n) is 2.93. The lowest BCUT2D eigenvalue weighted by Gasteiger charge is -2.14. The molecule has 0 bridgehead atoms. The number of hydrogen-bond acceptors (Lipinski definition) is 3. The van der Waals surface area contributed by atoms with Gasteiger partial charge in [-0.05, 0) is 31.0 Å². The number of nitrogens with two attached hydrogens (primary N) is 1. The molecule has 1 aliphatic rings. The molecule has 19 heavy (non-hydrogen) atoms. The van der Waals surface area contributed by atoms with Crippen molar-refractivity contribution >= 4 is 28.2 Å². The first-order valence-corrected chi connectivity index (χ1v) is 7.01. The number of anilines is 1. The first-order valence-electron chi connectivity index (χ1n) is 6.63. The summed E-state index contributed by atoms with van der Waals surface area (Å²) >= 11 is 6.26. The number of nitrogen functional groups attached to an aromatic ring is 1. The van der Waals surface area contributed by atoms with Crippen LogP contribution in [0.5, 0.6) is 5.75 Å². The van der Waals surface area contributed by atoms with Crippen LogP contribution in [0.1, 0.15) is 37.3 Å². The van der Waals surface area contributed by atoms with E-state index in [-0.39, 0.29) is 0 Å². The highest BCUT2D eigenvalue weighted by Crippen LogP contribution is 2.39. The molecule has 0 spiro atoms. The number of benzene rings is 1. The maximum absolute atomic E-state index is 6.26. The van der Waals surface area contributed by atoms with Crippen LogP contribution < -0.4 is 10.5 Å². The van der Waals surface area contributed by atoms with E-state index in [0.717, 1.165) is 22.3 Å². The van der Waals surface area contributed by atoms with Crippen molar-refractivity contribution in [3.8, 4) is 5.75 Å².